The standard InChI is InChI=1S/C25H24N2O3S/c28-23(18-11-6-14-31-18)22-20-19(21-17-10-5-4-7-15(17)12-13-26(21)22)24(29)27(25(20)30)16-8-2-1-3-9-16/h4-7,10-14,16,19-22H,1-3,8-9H2/t19-,20+,21?,22-/m0/s1. The first-order chi connectivity index (χ1) is 15.2. The van der Waals surface area contributed by atoms with Crippen molar-refractivity contribution in [2.75, 3.05) is 0 Å². The van der Waals surface area contributed by atoms with E-state index in [2.05, 4.69) is 0 Å². The predicted molar refractivity (Wildman–Crippen MR) is 118 cm³/mol. The van der Waals surface area contributed by atoms with Gasteiger partial charge in [0.2, 0.25) is 11.8 Å². The number of likely N-dealkylation sites (tertiary alicyclic amines) is 1. The van der Waals surface area contributed by atoms with Gasteiger partial charge in [-0.2, -0.15) is 0 Å². The number of Topliss-reactive ketones (excluding diaryl/α,β-unsaturated/α-hetero) is 1. The Balaban J connectivity index is 1.47. The van der Waals surface area contributed by atoms with Crippen LogP contribution in [0.2, 0.25) is 0 Å². The second kappa shape index (κ2) is 7.16. The number of hydrogen-bond acceptors (Lipinski definition) is 5. The van der Waals surface area contributed by atoms with Gasteiger partial charge < -0.3 is 4.90 Å². The molecule has 2 saturated heterocycles. The van der Waals surface area contributed by atoms with Gasteiger partial charge in [0.25, 0.3) is 0 Å². The van der Waals surface area contributed by atoms with E-state index in [1.807, 2.05) is 59.0 Å². The Hall–Kier alpha value is -2.73. The molecule has 0 bridgehead atoms. The van der Waals surface area contributed by atoms with E-state index in [4.69, 9.17) is 0 Å². The summed E-state index contributed by atoms with van der Waals surface area (Å²) < 4.78 is 0. The topological polar surface area (TPSA) is 57.7 Å². The van der Waals surface area contributed by atoms with Crippen molar-refractivity contribution >= 4 is 35.0 Å². The molecule has 1 aromatic heterocycles. The number of carbonyl (C=O) groups is 3. The molecule has 3 aliphatic heterocycles. The Kier molecular flexibility index (Phi) is 4.39. The van der Waals surface area contributed by atoms with Gasteiger partial charge >= 0.3 is 0 Å². The first-order valence-electron chi connectivity index (χ1n) is 11.2. The quantitative estimate of drug-likeness (QED) is 0.537. The third-order valence-electron chi connectivity index (χ3n) is 7.47. The molecule has 1 aliphatic carbocycles. The molecule has 2 aromatic rings. The molecule has 0 N–H and O–H groups in total. The van der Waals surface area contributed by atoms with Crippen LogP contribution in [0, 0.1) is 11.8 Å². The van der Waals surface area contributed by atoms with E-state index in [1.165, 1.54) is 11.3 Å². The van der Waals surface area contributed by atoms with Crippen LogP contribution < -0.4 is 0 Å². The summed E-state index contributed by atoms with van der Waals surface area (Å²) in [5, 5.41) is 1.88. The molecule has 1 unspecified atom stereocenters. The van der Waals surface area contributed by atoms with E-state index in [0.29, 0.717) is 4.88 Å². The number of thiophene rings is 1. The van der Waals surface area contributed by atoms with Crippen molar-refractivity contribution in [3.8, 4) is 0 Å². The van der Waals surface area contributed by atoms with Crippen LogP contribution in [0.25, 0.3) is 6.08 Å². The lowest BCUT2D eigenvalue weighted by molar-refractivity contribution is -0.144. The molecule has 1 aromatic carbocycles. The average molecular weight is 433 g/mol. The molecule has 4 aliphatic rings. The van der Waals surface area contributed by atoms with Gasteiger partial charge in [-0.3, -0.25) is 19.3 Å². The largest absolute Gasteiger partial charge is 0.358 e. The summed E-state index contributed by atoms with van der Waals surface area (Å²) in [5.74, 6) is -1.40. The Bertz CT molecular complexity index is 1090. The van der Waals surface area contributed by atoms with Crippen molar-refractivity contribution in [3.63, 3.8) is 0 Å². The molecule has 3 fully saturated rings. The number of nitrogens with zero attached hydrogens (tertiary/aromatic N) is 2. The van der Waals surface area contributed by atoms with Gasteiger partial charge in [-0.1, -0.05) is 49.6 Å². The predicted octanol–water partition coefficient (Wildman–Crippen LogP) is 4.27. The molecule has 4 heterocycles. The van der Waals surface area contributed by atoms with Crippen LogP contribution in [0.1, 0.15) is 58.9 Å². The van der Waals surface area contributed by atoms with Crippen molar-refractivity contribution in [2.45, 2.75) is 50.2 Å². The van der Waals surface area contributed by atoms with Gasteiger partial charge in [-0.05, 0) is 41.5 Å². The molecule has 1 saturated carbocycles. The minimum Gasteiger partial charge on any atom is -0.358 e. The highest BCUT2D eigenvalue weighted by Crippen LogP contribution is 2.54. The Labute approximate surface area is 185 Å². The van der Waals surface area contributed by atoms with Crippen molar-refractivity contribution in [1.82, 2.24) is 9.80 Å². The molecular weight excluding hydrogens is 408 g/mol. The highest BCUT2D eigenvalue weighted by molar-refractivity contribution is 7.12. The van der Waals surface area contributed by atoms with E-state index in [0.717, 1.165) is 43.2 Å². The maximum atomic E-state index is 13.8. The molecule has 6 rings (SSSR count). The van der Waals surface area contributed by atoms with Gasteiger partial charge in [0, 0.05) is 12.2 Å². The molecule has 6 heteroatoms. The van der Waals surface area contributed by atoms with Crippen molar-refractivity contribution < 1.29 is 14.4 Å². The molecule has 31 heavy (non-hydrogen) atoms. The number of hydrogen-bond donors (Lipinski definition) is 0. The third kappa shape index (κ3) is 2.70. The maximum Gasteiger partial charge on any atom is 0.236 e. The Morgan fingerprint density at radius 1 is 0.935 bits per heavy atom. The number of fused-ring (bicyclic) bond motifs is 5. The third-order valence-corrected chi connectivity index (χ3v) is 8.35. The van der Waals surface area contributed by atoms with Crippen LogP contribution in [0.15, 0.2) is 48.0 Å². The second-order valence-corrected chi connectivity index (χ2v) is 9.96. The smallest absolute Gasteiger partial charge is 0.236 e. The van der Waals surface area contributed by atoms with Crippen LogP contribution in [0.3, 0.4) is 0 Å². The van der Waals surface area contributed by atoms with E-state index in [-0.39, 0.29) is 29.7 Å². The highest BCUT2D eigenvalue weighted by Gasteiger charge is 2.65. The van der Waals surface area contributed by atoms with Crippen molar-refractivity contribution in [3.05, 3.63) is 64.0 Å². The van der Waals surface area contributed by atoms with Gasteiger partial charge in [0.1, 0.15) is 6.04 Å². The van der Waals surface area contributed by atoms with Gasteiger partial charge in [-0.25, -0.2) is 0 Å². The van der Waals surface area contributed by atoms with Crippen LogP contribution >= 0.6 is 11.3 Å². The van der Waals surface area contributed by atoms with Crippen LogP contribution in [0.4, 0.5) is 0 Å². The molecular formula is C25H24N2O3S. The number of ketones is 1. The molecule has 0 spiro atoms. The zero-order valence-electron chi connectivity index (χ0n) is 17.1. The summed E-state index contributed by atoms with van der Waals surface area (Å²) >= 11 is 1.40. The minimum absolute atomic E-state index is 0.0142. The van der Waals surface area contributed by atoms with Gasteiger partial charge in [-0.15, -0.1) is 11.3 Å². The van der Waals surface area contributed by atoms with Crippen LogP contribution in [-0.4, -0.2) is 39.5 Å². The first-order valence-corrected chi connectivity index (χ1v) is 12.0. The SMILES string of the molecule is O=C(c1cccs1)[C@@H]1[C@@H]2C(=O)N(C3CCCCC3)C(=O)[C@@H]2C2c3ccccc3C=CN21. The molecule has 5 nitrogen and oxygen atoms in total. The summed E-state index contributed by atoms with van der Waals surface area (Å²) in [7, 11) is 0. The monoisotopic (exact) mass is 432 g/mol. The summed E-state index contributed by atoms with van der Waals surface area (Å²) in [6, 6.07) is 10.8. The fraction of sp³-hybridized carbons (Fsp3) is 0.400. The number of benzene rings is 1. The maximum absolute atomic E-state index is 13.8. The number of carbonyl (C=O) groups excluding carboxylic acids is 3. The molecule has 0 radical (unpaired) electrons. The lowest BCUT2D eigenvalue weighted by Crippen LogP contribution is -2.47. The van der Waals surface area contributed by atoms with Crippen molar-refractivity contribution in [1.29, 1.82) is 0 Å². The lowest BCUT2D eigenvalue weighted by atomic mass is 9.84. The lowest BCUT2D eigenvalue weighted by Gasteiger charge is -2.37. The molecule has 158 valence electrons. The first kappa shape index (κ1) is 19.0. The number of amides is 2. The fourth-order valence-electron chi connectivity index (χ4n) is 6.14. The highest BCUT2D eigenvalue weighted by atomic mass is 32.1. The summed E-state index contributed by atoms with van der Waals surface area (Å²) in [5.41, 5.74) is 2.09. The zero-order valence-corrected chi connectivity index (χ0v) is 18.0. The van der Waals surface area contributed by atoms with Crippen LogP contribution in [-0.2, 0) is 9.59 Å². The van der Waals surface area contributed by atoms with Crippen LogP contribution in [0.5, 0.6) is 0 Å². The van der Waals surface area contributed by atoms with E-state index in [9.17, 15) is 14.4 Å². The summed E-state index contributed by atoms with van der Waals surface area (Å²) in [6.45, 7) is 0. The summed E-state index contributed by atoms with van der Waals surface area (Å²) in [6.07, 6.45) is 8.94. The van der Waals surface area contributed by atoms with E-state index < -0.39 is 17.9 Å². The minimum atomic E-state index is -0.636. The number of imide groups is 1. The fourth-order valence-corrected chi connectivity index (χ4v) is 6.84. The van der Waals surface area contributed by atoms with Crippen molar-refractivity contribution in [2.24, 2.45) is 11.8 Å². The normalized spacial score (nSPS) is 29.8. The van der Waals surface area contributed by atoms with E-state index in [1.54, 1.807) is 4.90 Å². The number of rotatable bonds is 3. The van der Waals surface area contributed by atoms with Gasteiger partial charge in [0.15, 0.2) is 5.78 Å². The Morgan fingerprint density at radius 3 is 2.48 bits per heavy atom. The Morgan fingerprint density at radius 2 is 1.71 bits per heavy atom. The van der Waals surface area contributed by atoms with Gasteiger partial charge in [0.05, 0.1) is 22.8 Å². The second-order valence-electron chi connectivity index (χ2n) is 9.01. The van der Waals surface area contributed by atoms with E-state index >= 15 is 0 Å². The average Bonchev–Trinajstić information content (AvgIpc) is 3.50. The zero-order chi connectivity index (χ0) is 21.1. The molecule has 4 atom stereocenters. The summed E-state index contributed by atoms with van der Waals surface area (Å²) in [4.78, 5) is 45.3. The molecule has 2 amide bonds.